The summed E-state index contributed by atoms with van der Waals surface area (Å²) in [6, 6.07) is 17.8. The summed E-state index contributed by atoms with van der Waals surface area (Å²) in [5.74, 6) is -1.14. The van der Waals surface area contributed by atoms with Crippen molar-refractivity contribution < 1.29 is 22.8 Å². The van der Waals surface area contributed by atoms with Crippen LogP contribution in [-0.2, 0) is 27.6 Å². The number of amides is 2. The second-order valence-electron chi connectivity index (χ2n) is 10.5. The van der Waals surface area contributed by atoms with Crippen LogP contribution in [0.1, 0.15) is 41.0 Å². The zero-order valence-electron chi connectivity index (χ0n) is 21.4. The Balaban J connectivity index is 1.56. The van der Waals surface area contributed by atoms with E-state index in [-0.39, 0.29) is 18.2 Å². The van der Waals surface area contributed by atoms with Crippen molar-refractivity contribution in [2.45, 2.75) is 48.9 Å². The first kappa shape index (κ1) is 28.5. The molecule has 3 aromatic rings. The zero-order chi connectivity index (χ0) is 28.7. The van der Waals surface area contributed by atoms with Crippen molar-refractivity contribution in [3.05, 3.63) is 105 Å². The Labute approximate surface area is 240 Å². The summed E-state index contributed by atoms with van der Waals surface area (Å²) in [7, 11) is 0. The van der Waals surface area contributed by atoms with Crippen LogP contribution in [0.2, 0.25) is 10.0 Å². The Kier molecular flexibility index (Phi) is 7.88. The first-order chi connectivity index (χ1) is 19.0. The molecule has 1 saturated carbocycles. The minimum absolute atomic E-state index is 0.0261. The molecular formula is C30H28Cl2F3N3O2. The van der Waals surface area contributed by atoms with Gasteiger partial charge in [0, 0.05) is 35.5 Å². The topological polar surface area (TPSA) is 75.4 Å². The third-order valence-electron chi connectivity index (χ3n) is 7.98. The number of alkyl halides is 3. The lowest BCUT2D eigenvalue weighted by Crippen LogP contribution is -2.58. The van der Waals surface area contributed by atoms with E-state index in [1.807, 2.05) is 30.3 Å². The van der Waals surface area contributed by atoms with Crippen molar-refractivity contribution >= 4 is 35.0 Å². The average molecular weight is 590 g/mol. The lowest BCUT2D eigenvalue weighted by Gasteiger charge is -2.40. The summed E-state index contributed by atoms with van der Waals surface area (Å²) in [5.41, 5.74) is 6.31. The summed E-state index contributed by atoms with van der Waals surface area (Å²) in [5, 5.41) is 4.16. The van der Waals surface area contributed by atoms with E-state index in [0.29, 0.717) is 47.1 Å². The van der Waals surface area contributed by atoms with E-state index in [9.17, 15) is 22.8 Å². The van der Waals surface area contributed by atoms with Gasteiger partial charge in [0.25, 0.3) is 0 Å². The number of benzene rings is 3. The summed E-state index contributed by atoms with van der Waals surface area (Å²) in [4.78, 5) is 29.2. The van der Waals surface area contributed by atoms with E-state index in [1.54, 1.807) is 23.1 Å². The van der Waals surface area contributed by atoms with Gasteiger partial charge in [0.2, 0.25) is 11.8 Å². The summed E-state index contributed by atoms with van der Waals surface area (Å²) >= 11 is 12.7. The minimum Gasteiger partial charge on any atom is -0.368 e. The van der Waals surface area contributed by atoms with Crippen LogP contribution in [0, 0.1) is 0 Å². The quantitative estimate of drug-likeness (QED) is 0.352. The van der Waals surface area contributed by atoms with Gasteiger partial charge in [-0.15, -0.1) is 0 Å². The lowest BCUT2D eigenvalue weighted by atomic mass is 9.87. The minimum atomic E-state index is -4.49. The number of nitrogens with two attached hydrogens (primary N) is 1. The molecule has 5 rings (SSSR count). The van der Waals surface area contributed by atoms with Gasteiger partial charge in [-0.1, -0.05) is 71.7 Å². The molecule has 1 saturated heterocycles. The largest absolute Gasteiger partial charge is 0.416 e. The second-order valence-corrected chi connectivity index (χ2v) is 11.3. The molecule has 3 aromatic carbocycles. The number of hydrogen-bond donors (Lipinski definition) is 2. The van der Waals surface area contributed by atoms with Crippen molar-refractivity contribution in [1.82, 2.24) is 10.2 Å². The molecule has 5 nitrogen and oxygen atoms in total. The fourth-order valence-corrected chi connectivity index (χ4v) is 6.35. The number of primary amides is 1. The molecule has 0 radical (unpaired) electrons. The molecule has 0 spiro atoms. The first-order valence-electron chi connectivity index (χ1n) is 13.0. The molecule has 2 aliphatic rings. The lowest BCUT2D eigenvalue weighted by molar-refractivity contribution is -0.144. The van der Waals surface area contributed by atoms with Crippen LogP contribution in [0.5, 0.6) is 0 Å². The van der Waals surface area contributed by atoms with E-state index in [2.05, 4.69) is 5.32 Å². The Bertz CT molecular complexity index is 1400. The number of nitrogens with one attached hydrogen (secondary N) is 1. The van der Waals surface area contributed by atoms with Crippen LogP contribution in [0.15, 0.2) is 72.8 Å². The van der Waals surface area contributed by atoms with Crippen molar-refractivity contribution in [3.8, 4) is 0 Å². The molecule has 1 heterocycles. The maximum Gasteiger partial charge on any atom is 0.416 e. The van der Waals surface area contributed by atoms with Crippen molar-refractivity contribution in [3.63, 3.8) is 0 Å². The number of hydrogen-bond acceptors (Lipinski definition) is 3. The van der Waals surface area contributed by atoms with E-state index in [1.165, 1.54) is 12.1 Å². The number of halogens is 5. The van der Waals surface area contributed by atoms with Gasteiger partial charge >= 0.3 is 6.18 Å². The Morgan fingerprint density at radius 3 is 2.25 bits per heavy atom. The normalized spacial score (nSPS) is 20.6. The van der Waals surface area contributed by atoms with Gasteiger partial charge in [-0.05, 0) is 53.8 Å². The molecule has 3 atom stereocenters. The molecule has 0 aromatic heterocycles. The number of nitrogens with zero attached hydrogens (tertiary/aromatic N) is 1. The smallest absolute Gasteiger partial charge is 0.368 e. The molecule has 1 aliphatic heterocycles. The molecule has 10 heteroatoms. The van der Waals surface area contributed by atoms with E-state index in [0.717, 1.165) is 17.7 Å². The molecule has 0 unspecified atom stereocenters. The van der Waals surface area contributed by atoms with Crippen LogP contribution in [0.25, 0.3) is 0 Å². The molecule has 2 amide bonds. The molecule has 3 N–H and O–H groups in total. The number of carbonyl (C=O) groups is 2. The standard InChI is InChI=1S/C30H28Cl2F3N3O2/c31-21-10-11-23(24(32)15-21)29(12-13-29)28(40)38(26-17-37-16-22(26)19-4-2-1-3-5-19)25(27(36)39)14-18-6-8-20(9-7-18)30(33,34)35/h1-11,15,22,25-26,37H,12-14,16-17H2,(H2,36,39)/t22-,25+,26+/m1/s1. The molecule has 210 valence electrons. The highest BCUT2D eigenvalue weighted by atomic mass is 35.5. The predicted molar refractivity (Wildman–Crippen MR) is 148 cm³/mol. The van der Waals surface area contributed by atoms with E-state index in [4.69, 9.17) is 28.9 Å². The van der Waals surface area contributed by atoms with Gasteiger partial charge < -0.3 is 16.0 Å². The van der Waals surface area contributed by atoms with Gasteiger partial charge in [-0.3, -0.25) is 9.59 Å². The Morgan fingerprint density at radius 2 is 1.68 bits per heavy atom. The predicted octanol–water partition coefficient (Wildman–Crippen LogP) is 5.72. The summed E-state index contributed by atoms with van der Waals surface area (Å²) in [6.07, 6.45) is -3.45. The highest BCUT2D eigenvalue weighted by Gasteiger charge is 2.57. The van der Waals surface area contributed by atoms with Gasteiger partial charge in [0.1, 0.15) is 6.04 Å². The van der Waals surface area contributed by atoms with Crippen LogP contribution in [-0.4, -0.2) is 41.9 Å². The van der Waals surface area contributed by atoms with Crippen LogP contribution in [0.4, 0.5) is 13.2 Å². The fourth-order valence-electron chi connectivity index (χ4n) is 5.76. The zero-order valence-corrected chi connectivity index (χ0v) is 22.9. The monoisotopic (exact) mass is 589 g/mol. The van der Waals surface area contributed by atoms with Gasteiger partial charge in [0.05, 0.1) is 17.0 Å². The van der Waals surface area contributed by atoms with Crippen LogP contribution >= 0.6 is 23.2 Å². The maximum atomic E-state index is 14.6. The van der Waals surface area contributed by atoms with Crippen molar-refractivity contribution in [2.75, 3.05) is 13.1 Å². The number of carbonyl (C=O) groups excluding carboxylic acids is 2. The third kappa shape index (κ3) is 5.57. The highest BCUT2D eigenvalue weighted by Crippen LogP contribution is 2.53. The van der Waals surface area contributed by atoms with Crippen LogP contribution in [0.3, 0.4) is 0 Å². The number of rotatable bonds is 8. The molecule has 0 bridgehead atoms. The molecule has 40 heavy (non-hydrogen) atoms. The molecule has 2 fully saturated rings. The maximum absolute atomic E-state index is 14.6. The van der Waals surface area contributed by atoms with Crippen molar-refractivity contribution in [1.29, 1.82) is 0 Å². The Morgan fingerprint density at radius 1 is 1.00 bits per heavy atom. The summed E-state index contributed by atoms with van der Waals surface area (Å²) in [6.45, 7) is 1.01. The van der Waals surface area contributed by atoms with E-state index < -0.39 is 35.1 Å². The SMILES string of the molecule is NC(=O)[C@H](Cc1ccc(C(F)(F)F)cc1)N(C(=O)C1(c2ccc(Cl)cc2Cl)CC1)[C@H]1CNC[C@@H]1c1ccccc1. The van der Waals surface area contributed by atoms with Gasteiger partial charge in [-0.25, -0.2) is 0 Å². The molecular weight excluding hydrogens is 562 g/mol. The first-order valence-corrected chi connectivity index (χ1v) is 13.8. The highest BCUT2D eigenvalue weighted by molar-refractivity contribution is 6.35. The van der Waals surface area contributed by atoms with Gasteiger partial charge in [0.15, 0.2) is 0 Å². The Hall–Kier alpha value is -3.07. The van der Waals surface area contributed by atoms with Crippen molar-refractivity contribution in [2.24, 2.45) is 5.73 Å². The second kappa shape index (κ2) is 11.1. The van der Waals surface area contributed by atoms with Crippen LogP contribution < -0.4 is 11.1 Å². The van der Waals surface area contributed by atoms with E-state index >= 15 is 0 Å². The molecule has 1 aliphatic carbocycles. The third-order valence-corrected chi connectivity index (χ3v) is 8.53. The average Bonchev–Trinajstić information content (AvgIpc) is 3.58. The fraction of sp³-hybridized carbons (Fsp3) is 0.333. The summed E-state index contributed by atoms with van der Waals surface area (Å²) < 4.78 is 39.5. The van der Waals surface area contributed by atoms with Gasteiger partial charge in [-0.2, -0.15) is 13.2 Å².